The molecule has 0 heterocycles. The van der Waals surface area contributed by atoms with Crippen LogP contribution < -0.4 is 15.4 Å². The van der Waals surface area contributed by atoms with E-state index in [-0.39, 0.29) is 0 Å². The summed E-state index contributed by atoms with van der Waals surface area (Å²) in [5.41, 5.74) is 1.07. The Hall–Kier alpha value is -2.00. The molecule has 0 spiro atoms. The third-order valence-electron chi connectivity index (χ3n) is 2.30. The predicted molar refractivity (Wildman–Crippen MR) is 70.5 cm³/mol. The monoisotopic (exact) mass is 228 g/mol. The molecule has 0 bridgehead atoms. The lowest BCUT2D eigenvalue weighted by Gasteiger charge is -2.08. The summed E-state index contributed by atoms with van der Waals surface area (Å²) in [6.07, 6.45) is 0. The summed E-state index contributed by atoms with van der Waals surface area (Å²) in [6, 6.07) is 17.6. The highest BCUT2D eigenvalue weighted by Crippen LogP contribution is 2.22. The topological polar surface area (TPSA) is 33.3 Å². The molecule has 17 heavy (non-hydrogen) atoms. The first-order valence-electron chi connectivity index (χ1n) is 5.60. The highest BCUT2D eigenvalue weighted by Gasteiger charge is 1.96. The molecular weight excluding hydrogens is 212 g/mol. The minimum absolute atomic E-state index is 0.749. The van der Waals surface area contributed by atoms with Crippen LogP contribution in [-0.4, -0.2) is 13.7 Å². The second kappa shape index (κ2) is 5.92. The zero-order valence-corrected chi connectivity index (χ0v) is 9.81. The largest absolute Gasteiger partial charge is 0.457 e. The Labute approximate surface area is 101 Å². The number of anilines is 1. The van der Waals surface area contributed by atoms with Gasteiger partial charge in [0.25, 0.3) is 0 Å². The minimum Gasteiger partial charge on any atom is -0.457 e. The maximum Gasteiger partial charge on any atom is 0.127 e. The lowest BCUT2D eigenvalue weighted by molar-refractivity contribution is 0.483. The fraction of sp³-hybridized carbons (Fsp3) is 0.143. The molecule has 0 atom stereocenters. The van der Waals surface area contributed by atoms with E-state index in [1.807, 2.05) is 61.6 Å². The Morgan fingerprint density at radius 2 is 1.53 bits per heavy atom. The van der Waals surface area contributed by atoms with E-state index in [4.69, 9.17) is 4.74 Å². The molecule has 0 saturated carbocycles. The highest BCUT2D eigenvalue weighted by atomic mass is 16.5. The normalized spacial score (nSPS) is 9.94. The summed E-state index contributed by atoms with van der Waals surface area (Å²) in [4.78, 5) is 0. The first-order valence-corrected chi connectivity index (χ1v) is 5.60. The van der Waals surface area contributed by atoms with Crippen molar-refractivity contribution in [1.29, 1.82) is 0 Å². The van der Waals surface area contributed by atoms with Gasteiger partial charge < -0.3 is 15.4 Å². The van der Waals surface area contributed by atoms with Crippen LogP contribution in [0, 0.1) is 0 Å². The number of para-hydroxylation sites is 1. The maximum atomic E-state index is 5.69. The molecule has 0 unspecified atom stereocenters. The lowest BCUT2D eigenvalue weighted by Crippen LogP contribution is -2.16. The van der Waals surface area contributed by atoms with Crippen LogP contribution in [0.1, 0.15) is 0 Å². The molecule has 0 amide bonds. The first-order chi connectivity index (χ1) is 8.38. The quantitative estimate of drug-likeness (QED) is 0.772. The van der Waals surface area contributed by atoms with Crippen LogP contribution in [0.15, 0.2) is 54.6 Å². The number of nitrogens with one attached hydrogen (secondary N) is 2. The summed E-state index contributed by atoms with van der Waals surface area (Å²) >= 11 is 0. The third-order valence-corrected chi connectivity index (χ3v) is 2.30. The van der Waals surface area contributed by atoms with Gasteiger partial charge in [0.05, 0.1) is 6.67 Å². The first kappa shape index (κ1) is 11.5. The Bertz CT molecular complexity index is 440. The van der Waals surface area contributed by atoms with E-state index < -0.39 is 0 Å². The average molecular weight is 228 g/mol. The van der Waals surface area contributed by atoms with Gasteiger partial charge >= 0.3 is 0 Å². The Kier molecular flexibility index (Phi) is 4.00. The number of benzene rings is 2. The van der Waals surface area contributed by atoms with Gasteiger partial charge in [-0.05, 0) is 43.4 Å². The third kappa shape index (κ3) is 3.50. The van der Waals surface area contributed by atoms with Gasteiger partial charge in [-0.15, -0.1) is 0 Å². The van der Waals surface area contributed by atoms with Gasteiger partial charge in [-0.1, -0.05) is 18.2 Å². The second-order valence-electron chi connectivity index (χ2n) is 3.65. The fourth-order valence-corrected chi connectivity index (χ4v) is 1.46. The molecular formula is C14H16N2O. The molecule has 0 aliphatic rings. The van der Waals surface area contributed by atoms with Crippen molar-refractivity contribution in [2.45, 2.75) is 0 Å². The van der Waals surface area contributed by atoms with Crippen molar-refractivity contribution in [1.82, 2.24) is 5.32 Å². The summed E-state index contributed by atoms with van der Waals surface area (Å²) in [7, 11) is 1.90. The molecule has 3 heteroatoms. The van der Waals surface area contributed by atoms with Crippen molar-refractivity contribution in [2.24, 2.45) is 0 Å². The second-order valence-corrected chi connectivity index (χ2v) is 3.65. The van der Waals surface area contributed by atoms with E-state index in [1.165, 1.54) is 0 Å². The molecule has 0 aliphatic carbocycles. The predicted octanol–water partition coefficient (Wildman–Crippen LogP) is 3.07. The minimum atomic E-state index is 0.749. The van der Waals surface area contributed by atoms with Gasteiger partial charge in [0.1, 0.15) is 11.5 Å². The summed E-state index contributed by atoms with van der Waals surface area (Å²) in [5, 5.41) is 6.25. The molecule has 0 aliphatic heterocycles. The van der Waals surface area contributed by atoms with Crippen molar-refractivity contribution in [3.05, 3.63) is 54.6 Å². The average Bonchev–Trinajstić information content (AvgIpc) is 2.39. The molecule has 2 aromatic rings. The van der Waals surface area contributed by atoms with Crippen molar-refractivity contribution < 1.29 is 4.74 Å². The zero-order valence-electron chi connectivity index (χ0n) is 9.81. The fourth-order valence-electron chi connectivity index (χ4n) is 1.46. The summed E-state index contributed by atoms with van der Waals surface area (Å²) in [6.45, 7) is 0.749. The lowest BCUT2D eigenvalue weighted by atomic mass is 10.3. The Morgan fingerprint density at radius 3 is 2.18 bits per heavy atom. The van der Waals surface area contributed by atoms with Gasteiger partial charge in [-0.25, -0.2) is 0 Å². The van der Waals surface area contributed by atoms with Crippen molar-refractivity contribution in [3.63, 3.8) is 0 Å². The Balaban J connectivity index is 1.98. The van der Waals surface area contributed by atoms with Gasteiger partial charge in [0, 0.05) is 5.69 Å². The van der Waals surface area contributed by atoms with Gasteiger partial charge in [-0.3, -0.25) is 0 Å². The van der Waals surface area contributed by atoms with Crippen LogP contribution >= 0.6 is 0 Å². The van der Waals surface area contributed by atoms with Crippen LogP contribution in [-0.2, 0) is 0 Å². The zero-order chi connectivity index (χ0) is 11.9. The molecule has 0 aromatic heterocycles. The molecule has 2 rings (SSSR count). The van der Waals surface area contributed by atoms with Crippen molar-refractivity contribution in [3.8, 4) is 11.5 Å². The van der Waals surface area contributed by atoms with E-state index in [0.29, 0.717) is 0 Å². The van der Waals surface area contributed by atoms with Crippen molar-refractivity contribution in [2.75, 3.05) is 19.0 Å². The van der Waals surface area contributed by atoms with E-state index >= 15 is 0 Å². The molecule has 0 radical (unpaired) electrons. The van der Waals surface area contributed by atoms with Crippen LogP contribution in [0.25, 0.3) is 0 Å². The standard InChI is InChI=1S/C14H16N2O/c1-15-11-16-12-7-9-14(10-8-12)17-13-5-3-2-4-6-13/h2-10,15-16H,11H2,1H3. The molecule has 0 fully saturated rings. The van der Waals surface area contributed by atoms with Crippen LogP contribution in [0.5, 0.6) is 11.5 Å². The molecule has 0 saturated heterocycles. The number of ether oxygens (including phenoxy) is 1. The molecule has 88 valence electrons. The Morgan fingerprint density at radius 1 is 0.882 bits per heavy atom. The van der Waals surface area contributed by atoms with Gasteiger partial charge in [-0.2, -0.15) is 0 Å². The number of rotatable bonds is 5. The van der Waals surface area contributed by atoms with E-state index in [2.05, 4.69) is 10.6 Å². The van der Waals surface area contributed by atoms with Crippen molar-refractivity contribution >= 4 is 5.69 Å². The molecule has 2 N–H and O–H groups in total. The smallest absolute Gasteiger partial charge is 0.127 e. The molecule has 2 aromatic carbocycles. The van der Waals surface area contributed by atoms with E-state index in [1.54, 1.807) is 0 Å². The summed E-state index contributed by atoms with van der Waals surface area (Å²) in [5.74, 6) is 1.69. The number of hydrogen-bond acceptors (Lipinski definition) is 3. The molecule has 3 nitrogen and oxygen atoms in total. The van der Waals surface area contributed by atoms with Gasteiger partial charge in [0.2, 0.25) is 0 Å². The van der Waals surface area contributed by atoms with Crippen LogP contribution in [0.4, 0.5) is 5.69 Å². The van der Waals surface area contributed by atoms with Crippen LogP contribution in [0.3, 0.4) is 0 Å². The van der Waals surface area contributed by atoms with Crippen LogP contribution in [0.2, 0.25) is 0 Å². The van der Waals surface area contributed by atoms with Gasteiger partial charge in [0.15, 0.2) is 0 Å². The van der Waals surface area contributed by atoms with E-state index in [0.717, 1.165) is 23.9 Å². The summed E-state index contributed by atoms with van der Waals surface area (Å²) < 4.78 is 5.69. The van der Waals surface area contributed by atoms with E-state index in [9.17, 15) is 0 Å². The maximum absolute atomic E-state index is 5.69. The number of hydrogen-bond donors (Lipinski definition) is 2. The SMILES string of the molecule is CNCNc1ccc(Oc2ccccc2)cc1. The highest BCUT2D eigenvalue weighted by molar-refractivity contribution is 5.47.